The van der Waals surface area contributed by atoms with Gasteiger partial charge < -0.3 is 10.1 Å². The van der Waals surface area contributed by atoms with Crippen molar-refractivity contribution in [1.82, 2.24) is 15.8 Å². The molecule has 11 heteroatoms. The van der Waals surface area contributed by atoms with Crippen LogP contribution in [0.25, 0.3) is 0 Å². The first-order valence-corrected chi connectivity index (χ1v) is 6.80. The highest BCUT2D eigenvalue weighted by Gasteiger charge is 2.31. The average Bonchev–Trinajstić information content (AvgIpc) is 2.46. The Kier molecular flexibility index (Phi) is 6.89. The van der Waals surface area contributed by atoms with Crippen molar-refractivity contribution in [2.45, 2.75) is 19.5 Å². The van der Waals surface area contributed by atoms with Gasteiger partial charge in [0.15, 0.2) is 0 Å². The molecule has 0 aliphatic carbocycles. The van der Waals surface area contributed by atoms with E-state index in [1.165, 1.54) is 0 Å². The Morgan fingerprint density at radius 2 is 2.04 bits per heavy atom. The van der Waals surface area contributed by atoms with E-state index in [2.05, 4.69) is 20.5 Å². The molecule has 128 valence electrons. The summed E-state index contributed by atoms with van der Waals surface area (Å²) in [7, 11) is 0. The molecule has 1 aromatic rings. The predicted octanol–water partition coefficient (Wildman–Crippen LogP) is 2.33. The Morgan fingerprint density at radius 1 is 1.35 bits per heavy atom. The number of nitrogens with one attached hydrogen (secondary N) is 3. The number of hydrogen-bond acceptors (Lipinski definition) is 5. The van der Waals surface area contributed by atoms with E-state index in [1.54, 1.807) is 6.92 Å². The van der Waals surface area contributed by atoms with Gasteiger partial charge in [0.05, 0.1) is 17.2 Å². The van der Waals surface area contributed by atoms with Crippen molar-refractivity contribution in [3.63, 3.8) is 0 Å². The molecular formula is C12H14ClF3N4O3. The van der Waals surface area contributed by atoms with Crippen molar-refractivity contribution in [3.8, 4) is 0 Å². The van der Waals surface area contributed by atoms with Gasteiger partial charge in [0.1, 0.15) is 5.82 Å². The number of halogens is 4. The number of amides is 2. The topological polar surface area (TPSA) is 92.4 Å². The van der Waals surface area contributed by atoms with Gasteiger partial charge in [-0.1, -0.05) is 11.6 Å². The minimum absolute atomic E-state index is 0.0193. The van der Waals surface area contributed by atoms with Crippen molar-refractivity contribution < 1.29 is 27.5 Å². The van der Waals surface area contributed by atoms with E-state index in [0.29, 0.717) is 6.20 Å². The lowest BCUT2D eigenvalue weighted by Crippen LogP contribution is -2.42. The Hall–Kier alpha value is -2.23. The van der Waals surface area contributed by atoms with Crippen LogP contribution in [0.15, 0.2) is 12.3 Å². The second kappa shape index (κ2) is 8.42. The lowest BCUT2D eigenvalue weighted by molar-refractivity contribution is -0.137. The summed E-state index contributed by atoms with van der Waals surface area (Å²) in [6.07, 6.45) is -4.78. The largest absolute Gasteiger partial charge is 0.449 e. The molecule has 23 heavy (non-hydrogen) atoms. The van der Waals surface area contributed by atoms with Gasteiger partial charge in [0.2, 0.25) is 5.91 Å². The summed E-state index contributed by atoms with van der Waals surface area (Å²) in [5.74, 6) is -0.514. The van der Waals surface area contributed by atoms with E-state index in [0.717, 1.165) is 6.07 Å². The maximum atomic E-state index is 12.4. The third-order valence-corrected chi connectivity index (χ3v) is 2.68. The summed E-state index contributed by atoms with van der Waals surface area (Å²) in [6.45, 7) is 1.81. The van der Waals surface area contributed by atoms with Crippen molar-refractivity contribution in [2.75, 3.05) is 18.5 Å². The normalized spacial score (nSPS) is 10.8. The quantitative estimate of drug-likeness (QED) is 0.706. The molecule has 0 spiro atoms. The summed E-state index contributed by atoms with van der Waals surface area (Å²) < 4.78 is 41.9. The van der Waals surface area contributed by atoms with Crippen LogP contribution in [-0.2, 0) is 15.7 Å². The molecule has 0 saturated heterocycles. The average molecular weight is 355 g/mol. The molecular weight excluding hydrogens is 341 g/mol. The van der Waals surface area contributed by atoms with Gasteiger partial charge in [-0.15, -0.1) is 0 Å². The highest BCUT2D eigenvalue weighted by molar-refractivity contribution is 6.32. The highest BCUT2D eigenvalue weighted by Crippen LogP contribution is 2.32. The van der Waals surface area contributed by atoms with E-state index in [1.807, 2.05) is 5.43 Å². The maximum Gasteiger partial charge on any atom is 0.426 e. The summed E-state index contributed by atoms with van der Waals surface area (Å²) in [5.41, 5.74) is 3.14. The van der Waals surface area contributed by atoms with E-state index in [-0.39, 0.29) is 30.4 Å². The molecule has 1 heterocycles. The number of aromatic nitrogens is 1. The van der Waals surface area contributed by atoms with Crippen LogP contribution in [0.5, 0.6) is 0 Å². The van der Waals surface area contributed by atoms with E-state index in [4.69, 9.17) is 11.6 Å². The number of carbonyl (C=O) groups is 2. The number of ether oxygens (including phenoxy) is 1. The Labute approximate surface area is 134 Å². The fraction of sp³-hybridized carbons (Fsp3) is 0.417. The molecule has 0 bridgehead atoms. The molecule has 2 amide bonds. The second-order valence-electron chi connectivity index (χ2n) is 4.12. The van der Waals surface area contributed by atoms with Gasteiger partial charge in [-0.3, -0.25) is 10.2 Å². The van der Waals surface area contributed by atoms with Crippen LogP contribution in [-0.4, -0.2) is 30.1 Å². The van der Waals surface area contributed by atoms with E-state index in [9.17, 15) is 22.8 Å². The minimum atomic E-state index is -4.53. The molecule has 1 aromatic heterocycles. The molecule has 1 rings (SSSR count). The monoisotopic (exact) mass is 354 g/mol. The SMILES string of the molecule is CCOC(=O)NNC(=O)CCNc1ncc(C(F)(F)F)cc1Cl. The second-order valence-corrected chi connectivity index (χ2v) is 4.53. The molecule has 7 nitrogen and oxygen atoms in total. The summed E-state index contributed by atoms with van der Waals surface area (Å²) in [5, 5.41) is 2.40. The summed E-state index contributed by atoms with van der Waals surface area (Å²) >= 11 is 5.69. The molecule has 0 radical (unpaired) electrons. The predicted molar refractivity (Wildman–Crippen MR) is 75.7 cm³/mol. The fourth-order valence-corrected chi connectivity index (χ4v) is 1.60. The van der Waals surface area contributed by atoms with E-state index >= 15 is 0 Å². The number of carbonyl (C=O) groups excluding carboxylic acids is 2. The first-order chi connectivity index (χ1) is 10.7. The zero-order valence-corrected chi connectivity index (χ0v) is 12.7. The Balaban J connectivity index is 2.41. The van der Waals surface area contributed by atoms with Crippen molar-refractivity contribution >= 4 is 29.4 Å². The number of rotatable bonds is 5. The standard InChI is InChI=1S/C12H14ClF3N4O3/c1-2-23-11(22)20-19-9(21)3-4-17-10-8(13)5-7(6-18-10)12(14,15)16/h5-6H,2-4H2,1H3,(H,17,18)(H,19,21)(H,20,22). The van der Waals surface area contributed by atoms with Gasteiger partial charge in [-0.2, -0.15) is 13.2 Å². The lowest BCUT2D eigenvalue weighted by atomic mass is 10.2. The third kappa shape index (κ3) is 6.59. The van der Waals surface area contributed by atoms with Crippen molar-refractivity contribution in [2.24, 2.45) is 0 Å². The van der Waals surface area contributed by atoms with Gasteiger partial charge in [-0.05, 0) is 13.0 Å². The number of hydrazine groups is 1. The lowest BCUT2D eigenvalue weighted by Gasteiger charge is -2.11. The zero-order chi connectivity index (χ0) is 17.5. The molecule has 0 saturated carbocycles. The molecule has 0 unspecified atom stereocenters. The van der Waals surface area contributed by atoms with Crippen LogP contribution < -0.4 is 16.2 Å². The molecule has 0 aromatic carbocycles. The first-order valence-electron chi connectivity index (χ1n) is 6.42. The number of nitrogens with zero attached hydrogens (tertiary/aromatic N) is 1. The van der Waals surface area contributed by atoms with Crippen LogP contribution in [0.2, 0.25) is 5.02 Å². The van der Waals surface area contributed by atoms with E-state index < -0.39 is 23.7 Å². The summed E-state index contributed by atoms with van der Waals surface area (Å²) in [6, 6.07) is 0.735. The Bertz CT molecular complexity index is 569. The number of hydrogen-bond donors (Lipinski definition) is 3. The van der Waals surface area contributed by atoms with Crippen LogP contribution >= 0.6 is 11.6 Å². The highest BCUT2D eigenvalue weighted by atomic mass is 35.5. The third-order valence-electron chi connectivity index (χ3n) is 2.39. The summed E-state index contributed by atoms with van der Waals surface area (Å²) in [4.78, 5) is 25.9. The molecule has 0 aliphatic heterocycles. The van der Waals surface area contributed by atoms with Crippen molar-refractivity contribution in [3.05, 3.63) is 22.8 Å². The fourth-order valence-electron chi connectivity index (χ4n) is 1.37. The molecule has 3 N–H and O–H groups in total. The van der Waals surface area contributed by atoms with Gasteiger partial charge in [0, 0.05) is 19.2 Å². The maximum absolute atomic E-state index is 12.4. The molecule has 0 fully saturated rings. The van der Waals surface area contributed by atoms with Crippen LogP contribution in [0.3, 0.4) is 0 Å². The smallest absolute Gasteiger partial charge is 0.426 e. The number of pyridine rings is 1. The van der Waals surface area contributed by atoms with Crippen LogP contribution in [0.1, 0.15) is 18.9 Å². The van der Waals surface area contributed by atoms with Gasteiger partial charge in [0.25, 0.3) is 0 Å². The van der Waals surface area contributed by atoms with Crippen LogP contribution in [0.4, 0.5) is 23.8 Å². The minimum Gasteiger partial charge on any atom is -0.449 e. The number of alkyl halides is 3. The number of anilines is 1. The van der Waals surface area contributed by atoms with Crippen LogP contribution in [0, 0.1) is 0 Å². The first kappa shape index (κ1) is 18.8. The Morgan fingerprint density at radius 3 is 2.61 bits per heavy atom. The van der Waals surface area contributed by atoms with Gasteiger partial charge in [-0.25, -0.2) is 15.2 Å². The van der Waals surface area contributed by atoms with Gasteiger partial charge >= 0.3 is 12.3 Å². The van der Waals surface area contributed by atoms with Crippen molar-refractivity contribution in [1.29, 1.82) is 0 Å². The zero-order valence-electron chi connectivity index (χ0n) is 12.0. The molecule has 0 atom stereocenters. The molecule has 0 aliphatic rings.